The maximum Gasteiger partial charge on any atom is 0.242 e. The van der Waals surface area contributed by atoms with Crippen LogP contribution in [0.5, 0.6) is 0 Å². The highest BCUT2D eigenvalue weighted by Crippen LogP contribution is 2.20. The van der Waals surface area contributed by atoms with E-state index < -0.39 is 0 Å². The Morgan fingerprint density at radius 1 is 1.58 bits per heavy atom. The molecular formula is C14H22N4O. The number of carbonyl (C=O) groups is 1. The lowest BCUT2D eigenvalue weighted by molar-refractivity contribution is -0.123. The molecule has 2 atom stereocenters. The average Bonchev–Trinajstić information content (AvgIpc) is 2.46. The Morgan fingerprint density at radius 2 is 2.37 bits per heavy atom. The van der Waals surface area contributed by atoms with Gasteiger partial charge in [0.15, 0.2) is 0 Å². The SMILES string of the molecule is CCC1C(=O)NCCN1c1ccc(C(C)NC)cn1. The molecule has 1 amide bonds. The summed E-state index contributed by atoms with van der Waals surface area (Å²) in [7, 11) is 1.93. The van der Waals surface area contributed by atoms with Crippen molar-refractivity contribution < 1.29 is 4.79 Å². The molecule has 1 aliphatic rings. The first-order valence-electron chi connectivity index (χ1n) is 6.85. The number of pyridine rings is 1. The summed E-state index contributed by atoms with van der Waals surface area (Å²) in [4.78, 5) is 18.4. The maximum atomic E-state index is 11.8. The molecule has 1 aromatic heterocycles. The topological polar surface area (TPSA) is 57.3 Å². The van der Waals surface area contributed by atoms with Crippen molar-refractivity contribution in [2.75, 3.05) is 25.0 Å². The van der Waals surface area contributed by atoms with Gasteiger partial charge in [0.1, 0.15) is 11.9 Å². The van der Waals surface area contributed by atoms with E-state index in [0.717, 1.165) is 24.3 Å². The molecule has 1 fully saturated rings. The van der Waals surface area contributed by atoms with Gasteiger partial charge in [0.05, 0.1) is 0 Å². The van der Waals surface area contributed by atoms with Crippen LogP contribution >= 0.6 is 0 Å². The number of aromatic nitrogens is 1. The van der Waals surface area contributed by atoms with E-state index in [2.05, 4.69) is 33.5 Å². The van der Waals surface area contributed by atoms with Crippen LogP contribution in [-0.2, 0) is 4.79 Å². The van der Waals surface area contributed by atoms with Gasteiger partial charge in [-0.2, -0.15) is 0 Å². The van der Waals surface area contributed by atoms with Crippen LogP contribution < -0.4 is 15.5 Å². The van der Waals surface area contributed by atoms with Gasteiger partial charge in [-0.25, -0.2) is 4.98 Å². The summed E-state index contributed by atoms with van der Waals surface area (Å²) >= 11 is 0. The number of amides is 1. The molecule has 2 rings (SSSR count). The molecule has 104 valence electrons. The van der Waals surface area contributed by atoms with E-state index in [-0.39, 0.29) is 18.0 Å². The summed E-state index contributed by atoms with van der Waals surface area (Å²) in [5.74, 6) is 0.983. The molecule has 2 unspecified atom stereocenters. The first-order chi connectivity index (χ1) is 9.17. The van der Waals surface area contributed by atoms with Crippen LogP contribution in [0.15, 0.2) is 18.3 Å². The predicted octanol–water partition coefficient (Wildman–Crippen LogP) is 1.08. The van der Waals surface area contributed by atoms with Crippen molar-refractivity contribution in [2.24, 2.45) is 0 Å². The first-order valence-corrected chi connectivity index (χ1v) is 6.85. The lowest BCUT2D eigenvalue weighted by Crippen LogP contribution is -2.55. The molecule has 5 nitrogen and oxygen atoms in total. The van der Waals surface area contributed by atoms with E-state index in [0.29, 0.717) is 6.54 Å². The Labute approximate surface area is 114 Å². The first kappa shape index (κ1) is 13.8. The van der Waals surface area contributed by atoms with E-state index >= 15 is 0 Å². The lowest BCUT2D eigenvalue weighted by Gasteiger charge is -2.35. The number of nitrogens with zero attached hydrogens (tertiary/aromatic N) is 2. The minimum absolute atomic E-state index is 0.100. The molecule has 0 aromatic carbocycles. The molecular weight excluding hydrogens is 240 g/mol. The summed E-state index contributed by atoms with van der Waals surface area (Å²) in [6.07, 6.45) is 2.68. The van der Waals surface area contributed by atoms with Crippen molar-refractivity contribution in [3.05, 3.63) is 23.9 Å². The molecule has 0 saturated carbocycles. The monoisotopic (exact) mass is 262 g/mol. The average molecular weight is 262 g/mol. The summed E-state index contributed by atoms with van der Waals surface area (Å²) in [6, 6.07) is 4.26. The highest BCUT2D eigenvalue weighted by atomic mass is 16.2. The van der Waals surface area contributed by atoms with E-state index in [4.69, 9.17) is 0 Å². The van der Waals surface area contributed by atoms with E-state index in [1.807, 2.05) is 26.2 Å². The molecule has 1 aliphatic heterocycles. The summed E-state index contributed by atoms with van der Waals surface area (Å²) in [5, 5.41) is 6.09. The van der Waals surface area contributed by atoms with Gasteiger partial charge in [-0.1, -0.05) is 13.0 Å². The van der Waals surface area contributed by atoms with Crippen LogP contribution in [0.25, 0.3) is 0 Å². The maximum absolute atomic E-state index is 11.8. The van der Waals surface area contributed by atoms with Crippen LogP contribution in [0.2, 0.25) is 0 Å². The zero-order valence-electron chi connectivity index (χ0n) is 11.8. The summed E-state index contributed by atoms with van der Waals surface area (Å²) in [5.41, 5.74) is 1.15. The number of hydrogen-bond donors (Lipinski definition) is 2. The number of carbonyl (C=O) groups excluding carboxylic acids is 1. The van der Waals surface area contributed by atoms with Gasteiger partial charge >= 0.3 is 0 Å². The minimum atomic E-state index is -0.103. The minimum Gasteiger partial charge on any atom is -0.353 e. The third-order valence-electron chi connectivity index (χ3n) is 3.72. The van der Waals surface area contributed by atoms with Gasteiger partial charge in [-0.15, -0.1) is 0 Å². The Kier molecular flexibility index (Phi) is 4.37. The molecule has 0 bridgehead atoms. The number of hydrogen-bond acceptors (Lipinski definition) is 4. The van der Waals surface area contributed by atoms with Gasteiger partial charge in [0.2, 0.25) is 5.91 Å². The zero-order chi connectivity index (χ0) is 13.8. The number of rotatable bonds is 4. The normalized spacial score (nSPS) is 21.1. The standard InChI is InChI=1S/C14H22N4O/c1-4-12-14(19)16-7-8-18(12)13-6-5-11(9-17-13)10(2)15-3/h5-6,9-10,12,15H,4,7-8H2,1-3H3,(H,16,19). The van der Waals surface area contributed by atoms with Crippen molar-refractivity contribution in [2.45, 2.75) is 32.4 Å². The van der Waals surface area contributed by atoms with Crippen molar-refractivity contribution in [1.29, 1.82) is 0 Å². The van der Waals surface area contributed by atoms with Crippen molar-refractivity contribution in [3.8, 4) is 0 Å². The van der Waals surface area contributed by atoms with Gasteiger partial charge in [0, 0.05) is 25.3 Å². The number of piperazine rings is 1. The van der Waals surface area contributed by atoms with Crippen LogP contribution in [0.3, 0.4) is 0 Å². The van der Waals surface area contributed by atoms with Crippen molar-refractivity contribution >= 4 is 11.7 Å². The van der Waals surface area contributed by atoms with E-state index in [1.54, 1.807) is 0 Å². The number of anilines is 1. The fourth-order valence-corrected chi connectivity index (χ4v) is 2.38. The Hall–Kier alpha value is -1.62. The molecule has 1 aromatic rings. The van der Waals surface area contributed by atoms with Gasteiger partial charge in [-0.3, -0.25) is 4.79 Å². The van der Waals surface area contributed by atoms with Crippen LogP contribution in [-0.4, -0.2) is 37.1 Å². The summed E-state index contributed by atoms with van der Waals surface area (Å²) < 4.78 is 0. The Bertz CT molecular complexity index is 432. The third-order valence-corrected chi connectivity index (χ3v) is 3.72. The largest absolute Gasteiger partial charge is 0.353 e. The second-order valence-electron chi connectivity index (χ2n) is 4.87. The fraction of sp³-hybridized carbons (Fsp3) is 0.571. The second kappa shape index (κ2) is 6.02. The molecule has 5 heteroatoms. The van der Waals surface area contributed by atoms with Crippen LogP contribution in [0.4, 0.5) is 5.82 Å². The zero-order valence-corrected chi connectivity index (χ0v) is 11.8. The third kappa shape index (κ3) is 2.87. The van der Waals surface area contributed by atoms with E-state index in [1.165, 1.54) is 0 Å². The van der Waals surface area contributed by atoms with Gasteiger partial charge < -0.3 is 15.5 Å². The highest BCUT2D eigenvalue weighted by Gasteiger charge is 2.28. The quantitative estimate of drug-likeness (QED) is 0.852. The van der Waals surface area contributed by atoms with Gasteiger partial charge in [-0.05, 0) is 32.0 Å². The van der Waals surface area contributed by atoms with Crippen LogP contribution in [0, 0.1) is 0 Å². The second-order valence-corrected chi connectivity index (χ2v) is 4.87. The molecule has 2 heterocycles. The number of nitrogens with one attached hydrogen (secondary N) is 2. The van der Waals surface area contributed by atoms with Crippen molar-refractivity contribution in [1.82, 2.24) is 15.6 Å². The predicted molar refractivity (Wildman–Crippen MR) is 76.1 cm³/mol. The fourth-order valence-electron chi connectivity index (χ4n) is 2.38. The Morgan fingerprint density at radius 3 is 2.95 bits per heavy atom. The molecule has 0 aliphatic carbocycles. The highest BCUT2D eigenvalue weighted by molar-refractivity contribution is 5.86. The molecule has 2 N–H and O–H groups in total. The van der Waals surface area contributed by atoms with Gasteiger partial charge in [0.25, 0.3) is 0 Å². The molecule has 1 saturated heterocycles. The molecule has 0 radical (unpaired) electrons. The summed E-state index contributed by atoms with van der Waals surface area (Å²) in [6.45, 7) is 5.63. The smallest absolute Gasteiger partial charge is 0.242 e. The van der Waals surface area contributed by atoms with Crippen molar-refractivity contribution in [3.63, 3.8) is 0 Å². The van der Waals surface area contributed by atoms with E-state index in [9.17, 15) is 4.79 Å². The van der Waals surface area contributed by atoms with Crippen LogP contribution in [0.1, 0.15) is 31.9 Å². The molecule has 0 spiro atoms. The molecule has 19 heavy (non-hydrogen) atoms. The lowest BCUT2D eigenvalue weighted by atomic mass is 10.1. The Balaban J connectivity index is 2.18.